The van der Waals surface area contributed by atoms with E-state index in [2.05, 4.69) is 12.2 Å². The van der Waals surface area contributed by atoms with Crippen LogP contribution in [0.4, 0.5) is 0 Å². The van der Waals surface area contributed by atoms with Crippen molar-refractivity contribution in [2.45, 2.75) is 52.0 Å². The highest BCUT2D eigenvalue weighted by atomic mass is 16.2. The van der Waals surface area contributed by atoms with E-state index in [0.717, 1.165) is 25.7 Å². The van der Waals surface area contributed by atoms with Gasteiger partial charge in [-0.25, -0.2) is 0 Å². The molecule has 0 bridgehead atoms. The molecule has 0 rings (SSSR count). The molecule has 0 fully saturated rings. The van der Waals surface area contributed by atoms with Crippen LogP contribution < -0.4 is 5.32 Å². The van der Waals surface area contributed by atoms with Gasteiger partial charge in [0.1, 0.15) is 0 Å². The number of aliphatic hydroxyl groups is 1. The minimum Gasteiger partial charge on any atom is -0.396 e. The first kappa shape index (κ1) is 12.4. The monoisotopic (exact) mass is 187 g/mol. The van der Waals surface area contributed by atoms with E-state index in [9.17, 15) is 4.79 Å². The molecule has 0 radical (unpaired) electrons. The molecule has 3 nitrogen and oxygen atoms in total. The van der Waals surface area contributed by atoms with Gasteiger partial charge in [-0.2, -0.15) is 0 Å². The molecule has 1 atom stereocenters. The van der Waals surface area contributed by atoms with Crippen LogP contribution >= 0.6 is 0 Å². The molecular formula is C10H21NO2. The van der Waals surface area contributed by atoms with E-state index >= 15 is 0 Å². The summed E-state index contributed by atoms with van der Waals surface area (Å²) in [4.78, 5) is 11.2. The average molecular weight is 187 g/mol. The zero-order valence-corrected chi connectivity index (χ0v) is 8.68. The smallest absolute Gasteiger partial charge is 0.220 e. The third-order valence-electron chi connectivity index (χ3n) is 1.94. The lowest BCUT2D eigenvalue weighted by Gasteiger charge is -2.12. The summed E-state index contributed by atoms with van der Waals surface area (Å²) in [7, 11) is 0. The van der Waals surface area contributed by atoms with Crippen LogP contribution in [0.1, 0.15) is 46.0 Å². The summed E-state index contributed by atoms with van der Waals surface area (Å²) in [6.45, 7) is 4.31. The van der Waals surface area contributed by atoms with Gasteiger partial charge in [0.2, 0.25) is 5.91 Å². The van der Waals surface area contributed by atoms with Crippen LogP contribution in [0.2, 0.25) is 0 Å². The normalized spacial score (nSPS) is 12.5. The fourth-order valence-corrected chi connectivity index (χ4v) is 1.25. The van der Waals surface area contributed by atoms with E-state index in [4.69, 9.17) is 5.11 Å². The highest BCUT2D eigenvalue weighted by molar-refractivity contribution is 5.76. The summed E-state index contributed by atoms with van der Waals surface area (Å²) in [5.74, 6) is 0.106. The summed E-state index contributed by atoms with van der Waals surface area (Å²) in [6.07, 6.45) is 4.16. The SMILES string of the molecule is CCCC(C)NC(=O)CCCCO. The largest absolute Gasteiger partial charge is 0.396 e. The van der Waals surface area contributed by atoms with Crippen LogP contribution in [-0.2, 0) is 4.79 Å². The Kier molecular flexibility index (Phi) is 7.69. The predicted octanol–water partition coefficient (Wildman–Crippen LogP) is 1.45. The van der Waals surface area contributed by atoms with Crippen molar-refractivity contribution in [3.63, 3.8) is 0 Å². The van der Waals surface area contributed by atoms with E-state index in [-0.39, 0.29) is 18.6 Å². The maximum Gasteiger partial charge on any atom is 0.220 e. The Hall–Kier alpha value is -0.570. The highest BCUT2D eigenvalue weighted by Gasteiger charge is 2.05. The van der Waals surface area contributed by atoms with Crippen LogP contribution in [0.25, 0.3) is 0 Å². The lowest BCUT2D eigenvalue weighted by molar-refractivity contribution is -0.121. The maximum atomic E-state index is 11.2. The Balaban J connectivity index is 3.38. The molecule has 0 aromatic heterocycles. The number of hydrogen-bond acceptors (Lipinski definition) is 2. The molecule has 0 aliphatic heterocycles. The topological polar surface area (TPSA) is 49.3 Å². The van der Waals surface area contributed by atoms with Crippen LogP contribution in [0.3, 0.4) is 0 Å². The molecule has 2 N–H and O–H groups in total. The van der Waals surface area contributed by atoms with Crippen molar-refractivity contribution in [3.05, 3.63) is 0 Å². The summed E-state index contributed by atoms with van der Waals surface area (Å²) in [5, 5.41) is 11.4. The summed E-state index contributed by atoms with van der Waals surface area (Å²) < 4.78 is 0. The van der Waals surface area contributed by atoms with Crippen molar-refractivity contribution >= 4 is 5.91 Å². The molecular weight excluding hydrogens is 166 g/mol. The van der Waals surface area contributed by atoms with Crippen LogP contribution in [-0.4, -0.2) is 23.7 Å². The van der Waals surface area contributed by atoms with Gasteiger partial charge < -0.3 is 10.4 Å². The number of nitrogens with one attached hydrogen (secondary N) is 1. The molecule has 3 heteroatoms. The molecule has 0 spiro atoms. The molecule has 0 saturated heterocycles. The molecule has 0 saturated carbocycles. The van der Waals surface area contributed by atoms with Crippen molar-refractivity contribution in [1.82, 2.24) is 5.32 Å². The molecule has 78 valence electrons. The number of aliphatic hydroxyl groups excluding tert-OH is 1. The number of carbonyl (C=O) groups excluding carboxylic acids is 1. The molecule has 0 aliphatic carbocycles. The van der Waals surface area contributed by atoms with Crippen molar-refractivity contribution in [1.29, 1.82) is 0 Å². The first-order valence-corrected chi connectivity index (χ1v) is 5.11. The lowest BCUT2D eigenvalue weighted by atomic mass is 10.2. The van der Waals surface area contributed by atoms with Gasteiger partial charge in [-0.1, -0.05) is 13.3 Å². The van der Waals surface area contributed by atoms with E-state index in [1.165, 1.54) is 0 Å². The molecule has 0 heterocycles. The maximum absolute atomic E-state index is 11.2. The zero-order chi connectivity index (χ0) is 10.1. The van der Waals surface area contributed by atoms with Gasteiger partial charge in [-0.15, -0.1) is 0 Å². The average Bonchev–Trinajstić information content (AvgIpc) is 2.05. The van der Waals surface area contributed by atoms with Gasteiger partial charge in [0.05, 0.1) is 0 Å². The van der Waals surface area contributed by atoms with Crippen molar-refractivity contribution in [2.75, 3.05) is 6.61 Å². The van der Waals surface area contributed by atoms with Gasteiger partial charge in [-0.05, 0) is 26.2 Å². The second-order valence-corrected chi connectivity index (χ2v) is 3.44. The minimum atomic E-state index is 0.106. The van der Waals surface area contributed by atoms with Crippen LogP contribution in [0.5, 0.6) is 0 Å². The summed E-state index contributed by atoms with van der Waals surface area (Å²) >= 11 is 0. The van der Waals surface area contributed by atoms with Crippen molar-refractivity contribution in [2.24, 2.45) is 0 Å². The number of amides is 1. The van der Waals surface area contributed by atoms with Gasteiger partial charge in [-0.3, -0.25) is 4.79 Å². The van der Waals surface area contributed by atoms with Gasteiger partial charge in [0.25, 0.3) is 0 Å². The Labute approximate surface area is 80.5 Å². The summed E-state index contributed by atoms with van der Waals surface area (Å²) in [5.41, 5.74) is 0. The first-order valence-electron chi connectivity index (χ1n) is 5.11. The van der Waals surface area contributed by atoms with Gasteiger partial charge >= 0.3 is 0 Å². The number of carbonyl (C=O) groups is 1. The van der Waals surface area contributed by atoms with Crippen molar-refractivity contribution < 1.29 is 9.90 Å². The molecule has 1 unspecified atom stereocenters. The molecule has 1 amide bonds. The fraction of sp³-hybridized carbons (Fsp3) is 0.900. The minimum absolute atomic E-state index is 0.106. The fourth-order valence-electron chi connectivity index (χ4n) is 1.25. The Morgan fingerprint density at radius 1 is 1.46 bits per heavy atom. The van der Waals surface area contributed by atoms with E-state index in [0.29, 0.717) is 6.42 Å². The van der Waals surface area contributed by atoms with E-state index in [1.54, 1.807) is 0 Å². The molecule has 0 aromatic rings. The van der Waals surface area contributed by atoms with Gasteiger partial charge in [0, 0.05) is 19.1 Å². The zero-order valence-electron chi connectivity index (χ0n) is 8.68. The number of unbranched alkanes of at least 4 members (excludes halogenated alkanes) is 1. The third kappa shape index (κ3) is 7.78. The predicted molar refractivity (Wildman–Crippen MR) is 53.4 cm³/mol. The number of hydrogen-bond donors (Lipinski definition) is 2. The van der Waals surface area contributed by atoms with Crippen LogP contribution in [0, 0.1) is 0 Å². The summed E-state index contributed by atoms with van der Waals surface area (Å²) in [6, 6.07) is 0.284. The van der Waals surface area contributed by atoms with Crippen molar-refractivity contribution in [3.8, 4) is 0 Å². The second-order valence-electron chi connectivity index (χ2n) is 3.44. The quantitative estimate of drug-likeness (QED) is 0.593. The van der Waals surface area contributed by atoms with Gasteiger partial charge in [0.15, 0.2) is 0 Å². The highest BCUT2D eigenvalue weighted by Crippen LogP contribution is 1.98. The number of rotatable bonds is 7. The lowest BCUT2D eigenvalue weighted by Crippen LogP contribution is -2.32. The first-order chi connectivity index (χ1) is 6.20. The standard InChI is InChI=1S/C10H21NO2/c1-3-6-9(2)11-10(13)7-4-5-8-12/h9,12H,3-8H2,1-2H3,(H,11,13). The Morgan fingerprint density at radius 2 is 2.15 bits per heavy atom. The Morgan fingerprint density at radius 3 is 2.69 bits per heavy atom. The molecule has 13 heavy (non-hydrogen) atoms. The Bertz CT molecular complexity index is 137. The van der Waals surface area contributed by atoms with E-state index < -0.39 is 0 Å². The van der Waals surface area contributed by atoms with E-state index in [1.807, 2.05) is 6.92 Å². The molecule has 0 aliphatic rings. The van der Waals surface area contributed by atoms with Crippen LogP contribution in [0.15, 0.2) is 0 Å². The molecule has 0 aromatic carbocycles. The second kappa shape index (κ2) is 8.05. The third-order valence-corrected chi connectivity index (χ3v) is 1.94.